The molecule has 0 fully saturated rings. The van der Waals surface area contributed by atoms with Gasteiger partial charge in [-0.1, -0.05) is 11.6 Å². The van der Waals surface area contributed by atoms with Gasteiger partial charge in [-0.15, -0.1) is 0 Å². The zero-order chi connectivity index (χ0) is 10.9. The van der Waals surface area contributed by atoms with Crippen molar-refractivity contribution in [2.24, 2.45) is 0 Å². The van der Waals surface area contributed by atoms with Crippen LogP contribution >= 0.6 is 22.3 Å². The molecule has 0 bridgehead atoms. The van der Waals surface area contributed by atoms with Gasteiger partial charge in [-0.25, -0.2) is 12.8 Å². The second kappa shape index (κ2) is 3.73. The van der Waals surface area contributed by atoms with Crippen molar-refractivity contribution in [1.29, 1.82) is 5.26 Å². The molecule has 14 heavy (non-hydrogen) atoms. The van der Waals surface area contributed by atoms with E-state index in [4.69, 9.17) is 27.5 Å². The fraction of sp³-hybridized carbons (Fsp3) is 0. The second-order valence-electron chi connectivity index (χ2n) is 2.31. The first-order chi connectivity index (χ1) is 6.36. The van der Waals surface area contributed by atoms with Gasteiger partial charge in [0, 0.05) is 10.7 Å². The fourth-order valence-electron chi connectivity index (χ4n) is 0.802. The molecule has 0 unspecified atom stereocenters. The van der Waals surface area contributed by atoms with E-state index >= 15 is 0 Å². The molecule has 0 aliphatic carbocycles. The van der Waals surface area contributed by atoms with Gasteiger partial charge in [-0.3, -0.25) is 0 Å². The molecule has 3 nitrogen and oxygen atoms in total. The lowest BCUT2D eigenvalue weighted by Gasteiger charge is -2.00. The Balaban J connectivity index is 3.58. The average Bonchev–Trinajstić information content (AvgIpc) is 2.02. The van der Waals surface area contributed by atoms with Gasteiger partial charge in [-0.2, -0.15) is 5.26 Å². The Labute approximate surface area is 89.1 Å². The van der Waals surface area contributed by atoms with Crippen LogP contribution in [0.4, 0.5) is 4.39 Å². The molecule has 74 valence electrons. The molecular weight excluding hydrogens is 252 g/mol. The van der Waals surface area contributed by atoms with Gasteiger partial charge in [0.1, 0.15) is 16.8 Å². The maximum atomic E-state index is 13.0. The molecule has 0 N–H and O–H groups in total. The molecule has 0 aromatic heterocycles. The lowest BCUT2D eigenvalue weighted by molar-refractivity contribution is 0.575. The van der Waals surface area contributed by atoms with Crippen LogP contribution in [-0.4, -0.2) is 8.42 Å². The second-order valence-corrected chi connectivity index (χ2v) is 5.25. The summed E-state index contributed by atoms with van der Waals surface area (Å²) in [5.41, 5.74) is -0.146. The zero-order valence-electron chi connectivity index (χ0n) is 6.46. The van der Waals surface area contributed by atoms with E-state index in [2.05, 4.69) is 0 Å². The summed E-state index contributed by atoms with van der Waals surface area (Å²) in [6.07, 6.45) is 0. The van der Waals surface area contributed by atoms with Crippen LogP contribution in [0.25, 0.3) is 0 Å². The molecule has 0 saturated heterocycles. The van der Waals surface area contributed by atoms with Crippen molar-refractivity contribution >= 4 is 31.3 Å². The Hall–Kier alpha value is -0.830. The summed E-state index contributed by atoms with van der Waals surface area (Å²) in [5, 5.41) is 8.35. The summed E-state index contributed by atoms with van der Waals surface area (Å²) >= 11 is 5.45. The highest BCUT2D eigenvalue weighted by Crippen LogP contribution is 2.25. The van der Waals surface area contributed by atoms with E-state index in [1.165, 1.54) is 0 Å². The first kappa shape index (κ1) is 11.2. The molecule has 1 rings (SSSR count). The average molecular weight is 254 g/mol. The van der Waals surface area contributed by atoms with E-state index < -0.39 is 19.8 Å². The fourth-order valence-corrected chi connectivity index (χ4v) is 1.90. The molecule has 0 saturated carbocycles. The zero-order valence-corrected chi connectivity index (χ0v) is 8.79. The van der Waals surface area contributed by atoms with Crippen molar-refractivity contribution in [3.05, 3.63) is 28.5 Å². The Morgan fingerprint density at radius 1 is 1.43 bits per heavy atom. The molecule has 0 heterocycles. The summed E-state index contributed by atoms with van der Waals surface area (Å²) in [6, 6.07) is 3.14. The predicted molar refractivity (Wildman–Crippen MR) is 49.2 cm³/mol. The molecule has 1 aromatic carbocycles. The minimum Gasteiger partial charge on any atom is -0.207 e. The van der Waals surface area contributed by atoms with Crippen LogP contribution in [0.15, 0.2) is 17.0 Å². The van der Waals surface area contributed by atoms with Gasteiger partial charge in [0.25, 0.3) is 9.05 Å². The first-order valence-corrected chi connectivity index (χ1v) is 5.89. The van der Waals surface area contributed by atoms with Crippen molar-refractivity contribution in [2.75, 3.05) is 0 Å². The number of hydrogen-bond donors (Lipinski definition) is 0. The number of benzene rings is 1. The van der Waals surface area contributed by atoms with Crippen molar-refractivity contribution in [3.8, 4) is 6.07 Å². The SMILES string of the molecule is N#Cc1cc(S(=O)(=O)Cl)c(F)cc1Cl. The predicted octanol–water partition coefficient (Wildman–Crippen LogP) is 2.28. The van der Waals surface area contributed by atoms with Crippen LogP contribution in [0.2, 0.25) is 5.02 Å². The summed E-state index contributed by atoms with van der Waals surface area (Å²) in [6.45, 7) is 0. The van der Waals surface area contributed by atoms with Crippen molar-refractivity contribution < 1.29 is 12.8 Å². The minimum absolute atomic E-state index is 0.146. The summed E-state index contributed by atoms with van der Waals surface area (Å²) in [7, 11) is 0.729. The quantitative estimate of drug-likeness (QED) is 0.722. The van der Waals surface area contributed by atoms with Crippen LogP contribution in [0.5, 0.6) is 0 Å². The van der Waals surface area contributed by atoms with Crippen molar-refractivity contribution in [3.63, 3.8) is 0 Å². The first-order valence-electron chi connectivity index (χ1n) is 3.20. The van der Waals surface area contributed by atoms with Gasteiger partial charge in [-0.05, 0) is 12.1 Å². The van der Waals surface area contributed by atoms with Crippen LogP contribution in [0.1, 0.15) is 5.56 Å². The van der Waals surface area contributed by atoms with Crippen LogP contribution in [0.3, 0.4) is 0 Å². The standard InChI is InChI=1S/C7H2Cl2FNO2S/c8-5-2-6(10)7(14(9,12)13)1-4(5)3-11/h1-2H. The van der Waals surface area contributed by atoms with E-state index in [9.17, 15) is 12.8 Å². The molecule has 0 aliphatic heterocycles. The smallest absolute Gasteiger partial charge is 0.207 e. The number of hydrogen-bond acceptors (Lipinski definition) is 3. The summed E-state index contributed by atoms with van der Waals surface area (Å²) in [4.78, 5) is -0.750. The van der Waals surface area contributed by atoms with E-state index in [1.54, 1.807) is 6.07 Å². The van der Waals surface area contributed by atoms with Crippen LogP contribution in [0, 0.1) is 17.1 Å². The van der Waals surface area contributed by atoms with Gasteiger partial charge in [0.2, 0.25) is 0 Å². The van der Waals surface area contributed by atoms with Crippen LogP contribution < -0.4 is 0 Å². The monoisotopic (exact) mass is 253 g/mol. The number of nitrogens with zero attached hydrogens (tertiary/aromatic N) is 1. The van der Waals surface area contributed by atoms with E-state index in [0.29, 0.717) is 0 Å². The van der Waals surface area contributed by atoms with E-state index in [-0.39, 0.29) is 10.6 Å². The third-order valence-corrected chi connectivity index (χ3v) is 3.05. The third kappa shape index (κ3) is 2.15. The summed E-state index contributed by atoms with van der Waals surface area (Å²) < 4.78 is 34.6. The minimum atomic E-state index is -4.20. The number of nitriles is 1. The number of halogens is 3. The maximum Gasteiger partial charge on any atom is 0.264 e. The van der Waals surface area contributed by atoms with Gasteiger partial charge >= 0.3 is 0 Å². The molecular formula is C7H2Cl2FNO2S. The van der Waals surface area contributed by atoms with Gasteiger partial charge < -0.3 is 0 Å². The van der Waals surface area contributed by atoms with E-state index in [0.717, 1.165) is 12.1 Å². The normalized spacial score (nSPS) is 11.0. The van der Waals surface area contributed by atoms with Gasteiger partial charge in [0.05, 0.1) is 10.6 Å². The molecule has 0 radical (unpaired) electrons. The number of rotatable bonds is 1. The maximum absolute atomic E-state index is 13.0. The van der Waals surface area contributed by atoms with Crippen LogP contribution in [-0.2, 0) is 9.05 Å². The van der Waals surface area contributed by atoms with Crippen molar-refractivity contribution in [2.45, 2.75) is 4.90 Å². The lowest BCUT2D eigenvalue weighted by Crippen LogP contribution is -1.96. The molecule has 0 spiro atoms. The molecule has 0 amide bonds. The third-order valence-electron chi connectivity index (χ3n) is 1.40. The largest absolute Gasteiger partial charge is 0.264 e. The Morgan fingerprint density at radius 3 is 2.43 bits per heavy atom. The molecule has 0 aliphatic rings. The molecule has 1 aromatic rings. The topological polar surface area (TPSA) is 57.9 Å². The summed E-state index contributed by atoms with van der Waals surface area (Å²) in [5.74, 6) is -1.08. The lowest BCUT2D eigenvalue weighted by atomic mass is 10.2. The Morgan fingerprint density at radius 2 is 2.00 bits per heavy atom. The molecule has 7 heteroatoms. The molecule has 0 atom stereocenters. The van der Waals surface area contributed by atoms with Crippen molar-refractivity contribution in [1.82, 2.24) is 0 Å². The van der Waals surface area contributed by atoms with E-state index in [1.807, 2.05) is 0 Å². The Kier molecular flexibility index (Phi) is 3.00. The van der Waals surface area contributed by atoms with Gasteiger partial charge in [0.15, 0.2) is 0 Å². The highest BCUT2D eigenvalue weighted by Gasteiger charge is 2.18. The highest BCUT2D eigenvalue weighted by atomic mass is 35.7. The highest BCUT2D eigenvalue weighted by molar-refractivity contribution is 8.13. The Bertz CT molecular complexity index is 521.